The van der Waals surface area contributed by atoms with Gasteiger partial charge >= 0.3 is 0 Å². The highest BCUT2D eigenvalue weighted by Crippen LogP contribution is 2.19. The van der Waals surface area contributed by atoms with E-state index in [0.29, 0.717) is 0 Å². The summed E-state index contributed by atoms with van der Waals surface area (Å²) in [7, 11) is 3.98. The van der Waals surface area contributed by atoms with Crippen molar-refractivity contribution in [1.82, 2.24) is 9.80 Å². The highest BCUT2D eigenvalue weighted by atomic mass is 16.2. The van der Waals surface area contributed by atoms with Gasteiger partial charge in [0.05, 0.1) is 0 Å². The number of nitrogens with two attached hydrogens (primary N) is 1. The van der Waals surface area contributed by atoms with Crippen LogP contribution in [0.4, 0.5) is 0 Å². The van der Waals surface area contributed by atoms with Crippen molar-refractivity contribution in [2.45, 2.75) is 31.8 Å². The van der Waals surface area contributed by atoms with Crippen LogP contribution in [-0.4, -0.2) is 48.9 Å². The second-order valence-corrected chi connectivity index (χ2v) is 5.90. The van der Waals surface area contributed by atoms with E-state index in [9.17, 15) is 4.79 Å². The van der Waals surface area contributed by atoms with Crippen LogP contribution in [-0.2, 0) is 4.79 Å². The number of piperidine rings is 1. The minimum Gasteiger partial charge on any atom is -0.340 e. The van der Waals surface area contributed by atoms with Crippen molar-refractivity contribution < 1.29 is 4.79 Å². The highest BCUT2D eigenvalue weighted by Gasteiger charge is 2.28. The quantitative estimate of drug-likeness (QED) is 0.910. The fourth-order valence-electron chi connectivity index (χ4n) is 2.77. The SMILES string of the molecule is Cc1ccc(C(N)C(=O)N(C)C2CCCN(C)C2)cc1. The number of likely N-dealkylation sites (tertiary alicyclic amines) is 1. The minimum atomic E-state index is -0.562. The van der Waals surface area contributed by atoms with E-state index in [1.807, 2.05) is 43.1 Å². The maximum Gasteiger partial charge on any atom is 0.244 e. The molecule has 1 aliphatic heterocycles. The summed E-state index contributed by atoms with van der Waals surface area (Å²) in [6, 6.07) is 7.59. The molecule has 0 aromatic heterocycles. The molecular formula is C16H25N3O. The van der Waals surface area contributed by atoms with Gasteiger partial charge in [-0.3, -0.25) is 4.79 Å². The maximum absolute atomic E-state index is 12.5. The van der Waals surface area contributed by atoms with Gasteiger partial charge in [-0.1, -0.05) is 29.8 Å². The first kappa shape index (κ1) is 15.0. The topological polar surface area (TPSA) is 49.6 Å². The first-order valence-electron chi connectivity index (χ1n) is 7.26. The zero-order chi connectivity index (χ0) is 14.7. The summed E-state index contributed by atoms with van der Waals surface area (Å²) >= 11 is 0. The molecule has 0 spiro atoms. The Balaban J connectivity index is 2.03. The van der Waals surface area contributed by atoms with Gasteiger partial charge in [-0.2, -0.15) is 0 Å². The first-order chi connectivity index (χ1) is 9.49. The second kappa shape index (κ2) is 6.37. The first-order valence-corrected chi connectivity index (χ1v) is 7.26. The monoisotopic (exact) mass is 275 g/mol. The number of rotatable bonds is 3. The van der Waals surface area contributed by atoms with Crippen LogP contribution in [0.2, 0.25) is 0 Å². The van der Waals surface area contributed by atoms with Crippen LogP contribution in [0.1, 0.15) is 30.0 Å². The number of nitrogens with zero attached hydrogens (tertiary/aromatic N) is 2. The van der Waals surface area contributed by atoms with Gasteiger partial charge in [-0.05, 0) is 38.9 Å². The van der Waals surface area contributed by atoms with Crippen molar-refractivity contribution in [2.24, 2.45) is 5.73 Å². The van der Waals surface area contributed by atoms with E-state index in [-0.39, 0.29) is 11.9 Å². The molecule has 2 rings (SSSR count). The van der Waals surface area contributed by atoms with E-state index >= 15 is 0 Å². The van der Waals surface area contributed by atoms with Crippen molar-refractivity contribution >= 4 is 5.91 Å². The summed E-state index contributed by atoms with van der Waals surface area (Å²) in [4.78, 5) is 16.6. The number of hydrogen-bond acceptors (Lipinski definition) is 3. The molecule has 0 aliphatic carbocycles. The normalized spacial score (nSPS) is 21.5. The number of likely N-dealkylation sites (N-methyl/N-ethyl adjacent to an activating group) is 2. The van der Waals surface area contributed by atoms with Crippen LogP contribution in [0.5, 0.6) is 0 Å². The van der Waals surface area contributed by atoms with E-state index in [1.165, 1.54) is 5.56 Å². The molecule has 2 N–H and O–H groups in total. The van der Waals surface area contributed by atoms with E-state index in [1.54, 1.807) is 0 Å². The van der Waals surface area contributed by atoms with Crippen LogP contribution >= 0.6 is 0 Å². The van der Waals surface area contributed by atoms with E-state index in [0.717, 1.165) is 31.5 Å². The molecule has 2 atom stereocenters. The number of hydrogen-bond donors (Lipinski definition) is 1. The Morgan fingerprint density at radius 1 is 1.40 bits per heavy atom. The van der Waals surface area contributed by atoms with Crippen LogP contribution in [0.3, 0.4) is 0 Å². The minimum absolute atomic E-state index is 0.00848. The third-order valence-corrected chi connectivity index (χ3v) is 4.20. The standard InChI is InChI=1S/C16H25N3O/c1-12-6-8-13(9-7-12)15(17)16(20)19(3)14-5-4-10-18(2)11-14/h6-9,14-15H,4-5,10-11,17H2,1-3H3. The van der Waals surface area contributed by atoms with E-state index in [4.69, 9.17) is 5.73 Å². The summed E-state index contributed by atoms with van der Waals surface area (Å²) in [6.45, 7) is 4.08. The highest BCUT2D eigenvalue weighted by molar-refractivity contribution is 5.83. The summed E-state index contributed by atoms with van der Waals surface area (Å²) in [6.07, 6.45) is 2.20. The van der Waals surface area contributed by atoms with Gasteiger partial charge in [-0.25, -0.2) is 0 Å². The molecule has 0 saturated carbocycles. The molecule has 1 aromatic rings. The van der Waals surface area contributed by atoms with Gasteiger partial charge in [-0.15, -0.1) is 0 Å². The van der Waals surface area contributed by atoms with Crippen molar-refractivity contribution in [3.63, 3.8) is 0 Å². The van der Waals surface area contributed by atoms with E-state index in [2.05, 4.69) is 11.9 Å². The predicted molar refractivity (Wildman–Crippen MR) is 81.4 cm³/mol. The molecule has 110 valence electrons. The molecular weight excluding hydrogens is 250 g/mol. The van der Waals surface area contributed by atoms with Gasteiger partial charge in [0.25, 0.3) is 0 Å². The number of aryl methyl sites for hydroxylation is 1. The fraction of sp³-hybridized carbons (Fsp3) is 0.562. The molecule has 1 heterocycles. The number of amides is 1. The van der Waals surface area contributed by atoms with Crippen molar-refractivity contribution in [2.75, 3.05) is 27.2 Å². The van der Waals surface area contributed by atoms with Gasteiger partial charge in [0, 0.05) is 19.6 Å². The van der Waals surface area contributed by atoms with E-state index < -0.39 is 6.04 Å². The molecule has 2 unspecified atom stereocenters. The smallest absolute Gasteiger partial charge is 0.244 e. The average molecular weight is 275 g/mol. The summed E-state index contributed by atoms with van der Waals surface area (Å²) in [5, 5.41) is 0. The van der Waals surface area contributed by atoms with Crippen LogP contribution < -0.4 is 5.73 Å². The van der Waals surface area contributed by atoms with Crippen LogP contribution in [0.25, 0.3) is 0 Å². The van der Waals surface area contributed by atoms with Crippen molar-refractivity contribution in [3.8, 4) is 0 Å². The molecule has 4 nitrogen and oxygen atoms in total. The second-order valence-electron chi connectivity index (χ2n) is 5.90. The number of benzene rings is 1. The molecule has 1 fully saturated rings. The van der Waals surface area contributed by atoms with Crippen LogP contribution in [0, 0.1) is 6.92 Å². The van der Waals surface area contributed by atoms with Crippen molar-refractivity contribution in [1.29, 1.82) is 0 Å². The molecule has 4 heteroatoms. The third-order valence-electron chi connectivity index (χ3n) is 4.20. The van der Waals surface area contributed by atoms with Gasteiger partial charge in [0.1, 0.15) is 6.04 Å². The maximum atomic E-state index is 12.5. The Morgan fingerprint density at radius 2 is 2.05 bits per heavy atom. The lowest BCUT2D eigenvalue weighted by Crippen LogP contribution is -2.49. The Hall–Kier alpha value is -1.39. The Kier molecular flexibility index (Phi) is 4.78. The number of carbonyl (C=O) groups is 1. The summed E-state index contributed by atoms with van der Waals surface area (Å²) in [5.41, 5.74) is 8.19. The Bertz CT molecular complexity index is 457. The number of carbonyl (C=O) groups excluding carboxylic acids is 1. The van der Waals surface area contributed by atoms with Crippen LogP contribution in [0.15, 0.2) is 24.3 Å². The lowest BCUT2D eigenvalue weighted by molar-refractivity contribution is -0.134. The molecule has 0 radical (unpaired) electrons. The van der Waals surface area contributed by atoms with Gasteiger partial charge in [0.15, 0.2) is 0 Å². The largest absolute Gasteiger partial charge is 0.340 e. The fourth-order valence-corrected chi connectivity index (χ4v) is 2.77. The van der Waals surface area contributed by atoms with Crippen molar-refractivity contribution in [3.05, 3.63) is 35.4 Å². The summed E-state index contributed by atoms with van der Waals surface area (Å²) < 4.78 is 0. The molecule has 1 aliphatic rings. The molecule has 20 heavy (non-hydrogen) atoms. The summed E-state index contributed by atoms with van der Waals surface area (Å²) in [5.74, 6) is 0.00848. The Morgan fingerprint density at radius 3 is 2.65 bits per heavy atom. The predicted octanol–water partition coefficient (Wildman–Crippen LogP) is 1.55. The van der Waals surface area contributed by atoms with Gasteiger partial charge < -0.3 is 15.5 Å². The zero-order valence-electron chi connectivity index (χ0n) is 12.7. The molecule has 1 amide bonds. The third kappa shape index (κ3) is 3.38. The average Bonchev–Trinajstić information content (AvgIpc) is 2.46. The molecule has 1 aromatic carbocycles. The lowest BCUT2D eigenvalue weighted by Gasteiger charge is -2.36. The zero-order valence-corrected chi connectivity index (χ0v) is 12.7. The Labute approximate surface area is 121 Å². The molecule has 1 saturated heterocycles. The van der Waals surface area contributed by atoms with Gasteiger partial charge in [0.2, 0.25) is 5.91 Å². The molecule has 0 bridgehead atoms. The lowest BCUT2D eigenvalue weighted by atomic mass is 10.0.